The molecule has 0 spiro atoms. The van der Waals surface area contributed by atoms with Crippen LogP contribution in [0.25, 0.3) is 10.9 Å². The molecule has 170 valence electrons. The Morgan fingerprint density at radius 1 is 0.970 bits per heavy atom. The topological polar surface area (TPSA) is 72.6 Å². The van der Waals surface area contributed by atoms with Gasteiger partial charge in [0, 0.05) is 27.8 Å². The summed E-state index contributed by atoms with van der Waals surface area (Å²) in [4.78, 5) is 15.5. The Hall–Kier alpha value is -3.93. The summed E-state index contributed by atoms with van der Waals surface area (Å²) in [5, 5.41) is 4.79. The van der Waals surface area contributed by atoms with Crippen LogP contribution in [0.5, 0.6) is 11.5 Å². The Bertz CT molecular complexity index is 1260. The molecule has 0 saturated heterocycles. The normalized spacial score (nSPS) is 11.8. The molecular weight excluding hydrogens is 416 g/mol. The van der Waals surface area contributed by atoms with E-state index in [-0.39, 0.29) is 12.0 Å². The number of carbonyl (C=O) groups is 1. The molecule has 0 radical (unpaired) electrons. The standard InChI is InChI=1S/C27H28N2O4/c1-5-33-27(30)18-10-13-20(14-11-18)29-26(19-12-15-23(31-3)24(16-19)32-4)25-17(2)28-22-9-7-6-8-21(22)25/h6-16,26,28-29H,5H2,1-4H3/t26-/m0/s1. The Kier molecular flexibility index (Phi) is 6.54. The number of rotatable bonds is 8. The minimum atomic E-state index is -0.326. The molecule has 6 heteroatoms. The van der Waals surface area contributed by atoms with Gasteiger partial charge in [-0.05, 0) is 61.9 Å². The monoisotopic (exact) mass is 444 g/mol. The van der Waals surface area contributed by atoms with Crippen molar-refractivity contribution in [3.63, 3.8) is 0 Å². The highest BCUT2D eigenvalue weighted by atomic mass is 16.5. The van der Waals surface area contributed by atoms with Crippen LogP contribution in [0, 0.1) is 6.92 Å². The zero-order chi connectivity index (χ0) is 23.4. The maximum absolute atomic E-state index is 12.0. The summed E-state index contributed by atoms with van der Waals surface area (Å²) in [5.41, 5.74) is 5.73. The molecule has 33 heavy (non-hydrogen) atoms. The van der Waals surface area contributed by atoms with E-state index < -0.39 is 0 Å². The molecule has 0 unspecified atom stereocenters. The highest BCUT2D eigenvalue weighted by Crippen LogP contribution is 2.38. The third-order valence-corrected chi connectivity index (χ3v) is 5.68. The van der Waals surface area contributed by atoms with Crippen molar-refractivity contribution in [2.45, 2.75) is 19.9 Å². The van der Waals surface area contributed by atoms with E-state index in [2.05, 4.69) is 29.4 Å². The average Bonchev–Trinajstić information content (AvgIpc) is 3.18. The van der Waals surface area contributed by atoms with Crippen LogP contribution in [0.15, 0.2) is 66.7 Å². The maximum Gasteiger partial charge on any atom is 0.338 e. The summed E-state index contributed by atoms with van der Waals surface area (Å²) in [6, 6.07) is 21.4. The first-order valence-electron chi connectivity index (χ1n) is 10.9. The maximum atomic E-state index is 12.0. The molecular formula is C27H28N2O4. The van der Waals surface area contributed by atoms with Crippen molar-refractivity contribution < 1.29 is 19.0 Å². The van der Waals surface area contributed by atoms with Crippen LogP contribution in [-0.2, 0) is 4.74 Å². The summed E-state index contributed by atoms with van der Waals surface area (Å²) < 4.78 is 16.1. The number of carbonyl (C=O) groups excluding carboxylic acids is 1. The number of benzene rings is 3. The lowest BCUT2D eigenvalue weighted by molar-refractivity contribution is 0.0526. The molecule has 0 aliphatic carbocycles. The molecule has 1 aromatic heterocycles. The molecule has 1 atom stereocenters. The van der Waals surface area contributed by atoms with Crippen LogP contribution < -0.4 is 14.8 Å². The second-order valence-electron chi connectivity index (χ2n) is 7.70. The zero-order valence-corrected chi connectivity index (χ0v) is 19.3. The van der Waals surface area contributed by atoms with Crippen molar-refractivity contribution in [2.75, 3.05) is 26.1 Å². The van der Waals surface area contributed by atoms with Gasteiger partial charge in [-0.15, -0.1) is 0 Å². The molecule has 0 aliphatic heterocycles. The number of aromatic amines is 1. The first-order valence-corrected chi connectivity index (χ1v) is 10.9. The van der Waals surface area contributed by atoms with E-state index >= 15 is 0 Å². The Morgan fingerprint density at radius 2 is 1.70 bits per heavy atom. The van der Waals surface area contributed by atoms with Crippen molar-refractivity contribution >= 4 is 22.6 Å². The number of aromatic nitrogens is 1. The molecule has 0 amide bonds. The van der Waals surface area contributed by atoms with Gasteiger partial charge in [-0.3, -0.25) is 0 Å². The van der Waals surface area contributed by atoms with Gasteiger partial charge in [0.1, 0.15) is 0 Å². The van der Waals surface area contributed by atoms with E-state index in [1.807, 2.05) is 42.5 Å². The predicted octanol–water partition coefficient (Wildman–Crippen LogP) is 5.87. The third kappa shape index (κ3) is 4.51. The highest BCUT2D eigenvalue weighted by molar-refractivity contribution is 5.90. The van der Waals surface area contributed by atoms with E-state index in [1.54, 1.807) is 33.3 Å². The van der Waals surface area contributed by atoms with E-state index in [4.69, 9.17) is 14.2 Å². The van der Waals surface area contributed by atoms with Crippen molar-refractivity contribution in [1.82, 2.24) is 4.98 Å². The van der Waals surface area contributed by atoms with Gasteiger partial charge in [0.2, 0.25) is 0 Å². The van der Waals surface area contributed by atoms with Crippen molar-refractivity contribution in [1.29, 1.82) is 0 Å². The molecule has 0 fully saturated rings. The lowest BCUT2D eigenvalue weighted by atomic mass is 9.95. The van der Waals surface area contributed by atoms with Gasteiger partial charge in [-0.25, -0.2) is 4.79 Å². The number of aryl methyl sites for hydroxylation is 1. The Labute approximate surface area is 193 Å². The minimum Gasteiger partial charge on any atom is -0.493 e. The minimum absolute atomic E-state index is 0.172. The van der Waals surface area contributed by atoms with Gasteiger partial charge in [0.25, 0.3) is 0 Å². The second-order valence-corrected chi connectivity index (χ2v) is 7.70. The quantitative estimate of drug-likeness (QED) is 0.333. The Morgan fingerprint density at radius 3 is 2.39 bits per heavy atom. The number of esters is 1. The summed E-state index contributed by atoms with van der Waals surface area (Å²) >= 11 is 0. The van der Waals surface area contributed by atoms with Crippen LogP contribution >= 0.6 is 0 Å². The largest absolute Gasteiger partial charge is 0.493 e. The molecule has 1 heterocycles. The number of hydrogen-bond acceptors (Lipinski definition) is 5. The lowest BCUT2D eigenvalue weighted by Crippen LogP contribution is -2.14. The van der Waals surface area contributed by atoms with Gasteiger partial charge in [0.05, 0.1) is 32.4 Å². The van der Waals surface area contributed by atoms with E-state index in [9.17, 15) is 4.79 Å². The van der Waals surface area contributed by atoms with Gasteiger partial charge in [-0.2, -0.15) is 0 Å². The van der Waals surface area contributed by atoms with Gasteiger partial charge in [-0.1, -0.05) is 24.3 Å². The number of fused-ring (bicyclic) bond motifs is 1. The fraction of sp³-hybridized carbons (Fsp3) is 0.222. The number of nitrogens with one attached hydrogen (secondary N) is 2. The van der Waals surface area contributed by atoms with Crippen molar-refractivity contribution in [2.24, 2.45) is 0 Å². The smallest absolute Gasteiger partial charge is 0.338 e. The highest BCUT2D eigenvalue weighted by Gasteiger charge is 2.22. The molecule has 6 nitrogen and oxygen atoms in total. The van der Waals surface area contributed by atoms with E-state index in [1.165, 1.54) is 0 Å². The number of H-pyrrole nitrogens is 1. The molecule has 0 saturated carbocycles. The number of methoxy groups -OCH3 is 2. The molecule has 4 rings (SSSR count). The summed E-state index contributed by atoms with van der Waals surface area (Å²) in [7, 11) is 3.26. The fourth-order valence-electron chi connectivity index (χ4n) is 4.11. The van der Waals surface area contributed by atoms with E-state index in [0.29, 0.717) is 23.7 Å². The molecule has 0 aliphatic rings. The first-order chi connectivity index (χ1) is 16.0. The van der Waals surface area contributed by atoms with Crippen LogP contribution in [0.3, 0.4) is 0 Å². The number of ether oxygens (including phenoxy) is 3. The van der Waals surface area contributed by atoms with Crippen molar-refractivity contribution in [3.05, 3.63) is 89.1 Å². The molecule has 2 N–H and O–H groups in total. The van der Waals surface area contributed by atoms with Gasteiger partial charge >= 0.3 is 5.97 Å². The van der Waals surface area contributed by atoms with Crippen LogP contribution in [-0.4, -0.2) is 31.8 Å². The second kappa shape index (κ2) is 9.69. The fourth-order valence-corrected chi connectivity index (χ4v) is 4.11. The molecule has 0 bridgehead atoms. The Balaban J connectivity index is 1.78. The summed E-state index contributed by atoms with van der Waals surface area (Å²) in [6.45, 7) is 4.22. The van der Waals surface area contributed by atoms with Crippen molar-refractivity contribution in [3.8, 4) is 11.5 Å². The summed E-state index contributed by atoms with van der Waals surface area (Å²) in [6.07, 6.45) is 0. The SMILES string of the molecule is CCOC(=O)c1ccc(N[C@@H](c2ccc(OC)c(OC)c2)c2c(C)[nH]c3ccccc23)cc1. The van der Waals surface area contributed by atoms with Crippen LogP contribution in [0.4, 0.5) is 5.69 Å². The van der Waals surface area contributed by atoms with Gasteiger partial charge < -0.3 is 24.5 Å². The number of para-hydroxylation sites is 1. The number of anilines is 1. The molecule has 4 aromatic rings. The van der Waals surface area contributed by atoms with Gasteiger partial charge in [0.15, 0.2) is 11.5 Å². The third-order valence-electron chi connectivity index (χ3n) is 5.68. The predicted molar refractivity (Wildman–Crippen MR) is 130 cm³/mol. The first kappa shape index (κ1) is 22.3. The number of hydrogen-bond donors (Lipinski definition) is 2. The zero-order valence-electron chi connectivity index (χ0n) is 19.3. The lowest BCUT2D eigenvalue weighted by Gasteiger charge is -2.23. The van der Waals surface area contributed by atoms with Crippen LogP contribution in [0.2, 0.25) is 0 Å². The van der Waals surface area contributed by atoms with E-state index in [0.717, 1.165) is 33.4 Å². The molecule has 3 aromatic carbocycles. The van der Waals surface area contributed by atoms with Crippen LogP contribution in [0.1, 0.15) is 40.1 Å². The summed E-state index contributed by atoms with van der Waals surface area (Å²) in [5.74, 6) is 1.01. The average molecular weight is 445 g/mol.